The van der Waals surface area contributed by atoms with Gasteiger partial charge in [-0.3, -0.25) is 4.79 Å². The summed E-state index contributed by atoms with van der Waals surface area (Å²) in [5.41, 5.74) is 0. The van der Waals surface area contributed by atoms with Gasteiger partial charge < -0.3 is 9.63 Å². The van der Waals surface area contributed by atoms with Gasteiger partial charge in [0, 0.05) is 5.92 Å². The van der Waals surface area contributed by atoms with Crippen molar-refractivity contribution in [1.82, 2.24) is 10.1 Å². The molecule has 0 aromatic carbocycles. The summed E-state index contributed by atoms with van der Waals surface area (Å²) in [6, 6.07) is 0. The predicted octanol–water partition coefficient (Wildman–Crippen LogP) is 1.38. The number of rotatable bonds is 3. The van der Waals surface area contributed by atoms with Crippen LogP contribution < -0.4 is 0 Å². The summed E-state index contributed by atoms with van der Waals surface area (Å²) in [4.78, 5) is 14.5. The average molecular weight is 184 g/mol. The monoisotopic (exact) mass is 184 g/mol. The molecule has 5 nitrogen and oxygen atoms in total. The summed E-state index contributed by atoms with van der Waals surface area (Å²) < 4.78 is 4.81. The standard InChI is InChI=1S/C8H12N2O3/c1-4(2)6-9-7(13-10-6)5(3)8(11)12/h4-5H,1-3H3,(H,11,12). The molecule has 0 saturated heterocycles. The van der Waals surface area contributed by atoms with Gasteiger partial charge in [-0.2, -0.15) is 4.98 Å². The summed E-state index contributed by atoms with van der Waals surface area (Å²) in [5, 5.41) is 12.3. The van der Waals surface area contributed by atoms with Crippen LogP contribution in [0.4, 0.5) is 0 Å². The maximum atomic E-state index is 10.6. The summed E-state index contributed by atoms with van der Waals surface area (Å²) in [7, 11) is 0. The van der Waals surface area contributed by atoms with E-state index in [2.05, 4.69) is 10.1 Å². The molecular formula is C8H12N2O3. The van der Waals surface area contributed by atoms with Gasteiger partial charge in [-0.05, 0) is 6.92 Å². The van der Waals surface area contributed by atoms with E-state index in [4.69, 9.17) is 9.63 Å². The minimum atomic E-state index is -0.959. The minimum absolute atomic E-state index is 0.151. The summed E-state index contributed by atoms with van der Waals surface area (Å²) in [6.45, 7) is 5.35. The smallest absolute Gasteiger partial charge is 0.315 e. The molecule has 0 aliphatic heterocycles. The minimum Gasteiger partial charge on any atom is -0.481 e. The fraction of sp³-hybridized carbons (Fsp3) is 0.625. The second-order valence-corrected chi connectivity index (χ2v) is 3.21. The quantitative estimate of drug-likeness (QED) is 0.767. The molecule has 1 N–H and O–H groups in total. The van der Waals surface area contributed by atoms with Crippen molar-refractivity contribution < 1.29 is 14.4 Å². The molecule has 0 spiro atoms. The van der Waals surface area contributed by atoms with E-state index in [0.29, 0.717) is 5.82 Å². The fourth-order valence-electron chi connectivity index (χ4n) is 0.763. The zero-order valence-electron chi connectivity index (χ0n) is 7.81. The Morgan fingerprint density at radius 2 is 2.08 bits per heavy atom. The predicted molar refractivity (Wildman–Crippen MR) is 44.4 cm³/mol. The molecule has 13 heavy (non-hydrogen) atoms. The summed E-state index contributed by atoms with van der Waals surface area (Å²) >= 11 is 0. The van der Waals surface area contributed by atoms with E-state index in [1.165, 1.54) is 6.92 Å². The molecule has 0 saturated carbocycles. The van der Waals surface area contributed by atoms with Crippen LogP contribution in [-0.2, 0) is 4.79 Å². The molecular weight excluding hydrogens is 172 g/mol. The number of aliphatic carboxylic acids is 1. The van der Waals surface area contributed by atoms with Crippen molar-refractivity contribution in [3.8, 4) is 0 Å². The molecule has 0 aliphatic carbocycles. The highest BCUT2D eigenvalue weighted by atomic mass is 16.5. The second kappa shape index (κ2) is 3.55. The highest BCUT2D eigenvalue weighted by Gasteiger charge is 2.21. The van der Waals surface area contributed by atoms with Crippen molar-refractivity contribution in [1.29, 1.82) is 0 Å². The summed E-state index contributed by atoms with van der Waals surface area (Å²) in [5.74, 6) is -0.836. The highest BCUT2D eigenvalue weighted by Crippen LogP contribution is 2.16. The van der Waals surface area contributed by atoms with Gasteiger partial charge in [0.05, 0.1) is 0 Å². The Labute approximate surface area is 75.8 Å². The third-order valence-corrected chi connectivity index (χ3v) is 1.71. The third-order valence-electron chi connectivity index (χ3n) is 1.71. The largest absolute Gasteiger partial charge is 0.481 e. The van der Waals surface area contributed by atoms with Gasteiger partial charge in [0.2, 0.25) is 5.89 Å². The van der Waals surface area contributed by atoms with Crippen molar-refractivity contribution >= 4 is 5.97 Å². The maximum Gasteiger partial charge on any atom is 0.315 e. The van der Waals surface area contributed by atoms with Crippen molar-refractivity contribution in [2.24, 2.45) is 0 Å². The number of carbonyl (C=O) groups is 1. The molecule has 1 aromatic rings. The number of hydrogen-bond donors (Lipinski definition) is 1. The SMILES string of the molecule is CC(C)c1noc(C(C)C(=O)O)n1. The first-order valence-electron chi connectivity index (χ1n) is 4.08. The first-order chi connectivity index (χ1) is 6.02. The van der Waals surface area contributed by atoms with E-state index < -0.39 is 11.9 Å². The van der Waals surface area contributed by atoms with Gasteiger partial charge in [0.15, 0.2) is 5.82 Å². The van der Waals surface area contributed by atoms with Crippen LogP contribution in [0.3, 0.4) is 0 Å². The van der Waals surface area contributed by atoms with Crippen molar-refractivity contribution in [2.75, 3.05) is 0 Å². The highest BCUT2D eigenvalue weighted by molar-refractivity contribution is 5.73. The van der Waals surface area contributed by atoms with Gasteiger partial charge in [0.25, 0.3) is 0 Å². The lowest BCUT2D eigenvalue weighted by Gasteiger charge is -1.97. The Morgan fingerprint density at radius 1 is 1.46 bits per heavy atom. The van der Waals surface area contributed by atoms with Crippen molar-refractivity contribution in [2.45, 2.75) is 32.6 Å². The van der Waals surface area contributed by atoms with Crippen LogP contribution in [0.15, 0.2) is 4.52 Å². The fourth-order valence-corrected chi connectivity index (χ4v) is 0.763. The van der Waals surface area contributed by atoms with Gasteiger partial charge >= 0.3 is 5.97 Å². The van der Waals surface area contributed by atoms with Crippen molar-refractivity contribution in [3.05, 3.63) is 11.7 Å². The van der Waals surface area contributed by atoms with Crippen LogP contribution in [0, 0.1) is 0 Å². The lowest BCUT2D eigenvalue weighted by molar-refractivity contribution is -0.138. The number of carboxylic acid groups (broad SMARTS) is 1. The van der Waals surface area contributed by atoms with E-state index in [9.17, 15) is 4.79 Å². The molecule has 0 radical (unpaired) electrons. The molecule has 1 rings (SSSR count). The van der Waals surface area contributed by atoms with Crippen molar-refractivity contribution in [3.63, 3.8) is 0 Å². The zero-order chi connectivity index (χ0) is 10.0. The third kappa shape index (κ3) is 2.05. The zero-order valence-corrected chi connectivity index (χ0v) is 7.81. The Morgan fingerprint density at radius 3 is 2.46 bits per heavy atom. The molecule has 0 amide bonds. The van der Waals surface area contributed by atoms with Crippen LogP contribution in [0.1, 0.15) is 44.3 Å². The van der Waals surface area contributed by atoms with E-state index in [-0.39, 0.29) is 11.8 Å². The van der Waals surface area contributed by atoms with Crippen LogP contribution in [-0.4, -0.2) is 21.2 Å². The average Bonchev–Trinajstić information content (AvgIpc) is 2.50. The molecule has 1 unspecified atom stereocenters. The van der Waals surface area contributed by atoms with Crippen LogP contribution >= 0.6 is 0 Å². The number of nitrogens with zero attached hydrogens (tertiary/aromatic N) is 2. The first-order valence-corrected chi connectivity index (χ1v) is 4.08. The first kappa shape index (κ1) is 9.70. The summed E-state index contributed by atoms with van der Waals surface area (Å²) in [6.07, 6.45) is 0. The number of carboxylic acids is 1. The Hall–Kier alpha value is -1.39. The van der Waals surface area contributed by atoms with E-state index >= 15 is 0 Å². The van der Waals surface area contributed by atoms with E-state index in [1.54, 1.807) is 0 Å². The molecule has 0 fully saturated rings. The van der Waals surface area contributed by atoms with Gasteiger partial charge in [-0.25, -0.2) is 0 Å². The molecule has 1 aromatic heterocycles. The Kier molecular flexibility index (Phi) is 2.65. The number of hydrogen-bond acceptors (Lipinski definition) is 4. The lowest BCUT2D eigenvalue weighted by Crippen LogP contribution is -2.07. The Bertz CT molecular complexity index is 306. The molecule has 0 aliphatic rings. The molecule has 72 valence electrons. The van der Waals surface area contributed by atoms with Crippen LogP contribution in [0.5, 0.6) is 0 Å². The van der Waals surface area contributed by atoms with E-state index in [1.807, 2.05) is 13.8 Å². The van der Waals surface area contributed by atoms with Gasteiger partial charge in [-0.1, -0.05) is 19.0 Å². The van der Waals surface area contributed by atoms with Crippen LogP contribution in [0.25, 0.3) is 0 Å². The van der Waals surface area contributed by atoms with Crippen LogP contribution in [0.2, 0.25) is 0 Å². The van der Waals surface area contributed by atoms with Gasteiger partial charge in [-0.15, -0.1) is 0 Å². The number of aromatic nitrogens is 2. The van der Waals surface area contributed by atoms with E-state index in [0.717, 1.165) is 0 Å². The second-order valence-electron chi connectivity index (χ2n) is 3.21. The molecule has 0 bridgehead atoms. The topological polar surface area (TPSA) is 76.2 Å². The van der Waals surface area contributed by atoms with Gasteiger partial charge in [0.1, 0.15) is 5.92 Å². The maximum absolute atomic E-state index is 10.6. The lowest BCUT2D eigenvalue weighted by atomic mass is 10.2. The normalized spacial score (nSPS) is 13.2. The molecule has 5 heteroatoms. The molecule has 1 atom stereocenters. The Balaban J connectivity index is 2.85. The molecule has 1 heterocycles.